The lowest BCUT2D eigenvalue weighted by molar-refractivity contribution is 0.563. The highest BCUT2D eigenvalue weighted by atomic mass is 35.5. The number of benzene rings is 1. The van der Waals surface area contributed by atoms with Crippen molar-refractivity contribution in [1.29, 1.82) is 0 Å². The Hall–Kier alpha value is -1.11. The maximum atomic E-state index is 11.3. The summed E-state index contributed by atoms with van der Waals surface area (Å²) in [5.74, 6) is 0.780. The highest BCUT2D eigenvalue weighted by Crippen LogP contribution is 2.24. The molecule has 0 aliphatic heterocycles. The second-order valence-corrected chi connectivity index (χ2v) is 7.98. The maximum absolute atomic E-state index is 11.3. The van der Waals surface area contributed by atoms with Crippen LogP contribution >= 0.6 is 11.6 Å². The van der Waals surface area contributed by atoms with Crippen molar-refractivity contribution in [2.75, 3.05) is 12.0 Å². The Morgan fingerprint density at radius 2 is 2.14 bits per heavy atom. The molecule has 116 valence electrons. The number of hydrogen-bond donors (Lipinski definition) is 1. The summed E-state index contributed by atoms with van der Waals surface area (Å²) < 4.78 is 24.6. The van der Waals surface area contributed by atoms with Gasteiger partial charge in [0.2, 0.25) is 0 Å². The van der Waals surface area contributed by atoms with Gasteiger partial charge in [0.05, 0.1) is 22.8 Å². The van der Waals surface area contributed by atoms with Crippen molar-refractivity contribution in [1.82, 2.24) is 9.55 Å². The maximum Gasteiger partial charge on any atom is 0.147 e. The van der Waals surface area contributed by atoms with Gasteiger partial charge in [0.1, 0.15) is 15.7 Å². The molecule has 5 nitrogen and oxygen atoms in total. The zero-order valence-corrected chi connectivity index (χ0v) is 13.8. The Morgan fingerprint density at radius 1 is 1.43 bits per heavy atom. The van der Waals surface area contributed by atoms with Crippen LogP contribution in [0.4, 0.5) is 0 Å². The van der Waals surface area contributed by atoms with Crippen LogP contribution in [0.2, 0.25) is 5.02 Å². The fourth-order valence-electron chi connectivity index (χ4n) is 2.33. The fourth-order valence-corrected chi connectivity index (χ4v) is 3.18. The molecular weight excluding hydrogens is 310 g/mol. The van der Waals surface area contributed by atoms with Crippen molar-refractivity contribution in [3.8, 4) is 0 Å². The van der Waals surface area contributed by atoms with E-state index in [9.17, 15) is 8.42 Å². The molecule has 21 heavy (non-hydrogen) atoms. The summed E-state index contributed by atoms with van der Waals surface area (Å²) in [6, 6.07) is 5.14. The third-order valence-corrected chi connectivity index (χ3v) is 4.53. The van der Waals surface area contributed by atoms with E-state index in [1.165, 1.54) is 6.26 Å². The van der Waals surface area contributed by atoms with Gasteiger partial charge in [0.25, 0.3) is 0 Å². The summed E-state index contributed by atoms with van der Waals surface area (Å²) in [5.41, 5.74) is 7.92. The molecule has 0 spiro atoms. The van der Waals surface area contributed by atoms with E-state index in [4.69, 9.17) is 17.3 Å². The first-order valence-corrected chi connectivity index (χ1v) is 9.34. The van der Waals surface area contributed by atoms with E-state index < -0.39 is 15.9 Å². The van der Waals surface area contributed by atoms with Crippen LogP contribution in [0.1, 0.15) is 31.6 Å². The van der Waals surface area contributed by atoms with Crippen molar-refractivity contribution in [2.24, 2.45) is 5.73 Å². The fraction of sp³-hybridized carbons (Fsp3) is 0.500. The van der Waals surface area contributed by atoms with Gasteiger partial charge < -0.3 is 10.3 Å². The van der Waals surface area contributed by atoms with Crippen LogP contribution in [-0.2, 0) is 16.4 Å². The van der Waals surface area contributed by atoms with Crippen molar-refractivity contribution in [2.45, 2.75) is 32.4 Å². The van der Waals surface area contributed by atoms with Crippen LogP contribution < -0.4 is 5.73 Å². The summed E-state index contributed by atoms with van der Waals surface area (Å²) in [5, 5.41) is 0.625. The molecule has 0 saturated carbocycles. The van der Waals surface area contributed by atoms with Gasteiger partial charge in [-0.25, -0.2) is 13.4 Å². The van der Waals surface area contributed by atoms with Crippen molar-refractivity contribution >= 4 is 32.5 Å². The first-order valence-electron chi connectivity index (χ1n) is 6.91. The van der Waals surface area contributed by atoms with Crippen molar-refractivity contribution in [3.05, 3.63) is 29.0 Å². The molecule has 2 N–H and O–H groups in total. The van der Waals surface area contributed by atoms with Gasteiger partial charge in [-0.1, -0.05) is 18.5 Å². The first-order chi connectivity index (χ1) is 9.81. The molecule has 0 fully saturated rings. The molecule has 1 aromatic heterocycles. The minimum absolute atomic E-state index is 0.0598. The molecule has 0 saturated heterocycles. The molecule has 1 heterocycles. The summed E-state index contributed by atoms with van der Waals surface area (Å²) in [6.07, 6.45) is 2.52. The van der Waals surface area contributed by atoms with E-state index in [0.717, 1.165) is 29.8 Å². The molecule has 1 atom stereocenters. The molecule has 2 aromatic rings. The van der Waals surface area contributed by atoms with Gasteiger partial charge >= 0.3 is 0 Å². The Labute approximate surface area is 130 Å². The van der Waals surface area contributed by atoms with Crippen molar-refractivity contribution in [3.63, 3.8) is 0 Å². The van der Waals surface area contributed by atoms with Gasteiger partial charge in [-0.3, -0.25) is 0 Å². The lowest BCUT2D eigenvalue weighted by Gasteiger charge is -2.13. The normalized spacial score (nSPS) is 13.7. The molecule has 0 amide bonds. The standard InChI is InChI=1S/C14H20ClN3O2S/c1-3-7-18-13-5-4-10(15)9-12(13)17-14(18)11(16)6-8-21(2,19)20/h4-5,9,11H,3,6-8,16H2,1-2H3. The van der Waals surface area contributed by atoms with Crippen molar-refractivity contribution < 1.29 is 8.42 Å². The van der Waals surface area contributed by atoms with E-state index in [1.807, 2.05) is 12.1 Å². The van der Waals surface area contributed by atoms with E-state index >= 15 is 0 Å². The largest absolute Gasteiger partial charge is 0.327 e. The smallest absolute Gasteiger partial charge is 0.147 e. The SMILES string of the molecule is CCCn1c(C(N)CCS(C)(=O)=O)nc2cc(Cl)ccc21. The van der Waals surface area contributed by atoms with E-state index in [0.29, 0.717) is 11.4 Å². The number of rotatable bonds is 6. The average Bonchev–Trinajstić information content (AvgIpc) is 2.74. The highest BCUT2D eigenvalue weighted by Gasteiger charge is 2.18. The Balaban J connectivity index is 2.39. The van der Waals surface area contributed by atoms with E-state index in [2.05, 4.69) is 16.5 Å². The summed E-state index contributed by atoms with van der Waals surface area (Å²) >= 11 is 6.00. The van der Waals surface area contributed by atoms with Gasteiger partial charge in [0.15, 0.2) is 0 Å². The second-order valence-electron chi connectivity index (χ2n) is 5.28. The zero-order valence-electron chi connectivity index (χ0n) is 12.2. The topological polar surface area (TPSA) is 78.0 Å². The number of nitrogens with two attached hydrogens (primary N) is 1. The molecule has 1 aromatic carbocycles. The highest BCUT2D eigenvalue weighted by molar-refractivity contribution is 7.90. The van der Waals surface area contributed by atoms with Crippen LogP contribution in [-0.4, -0.2) is 30.0 Å². The Morgan fingerprint density at radius 3 is 2.76 bits per heavy atom. The number of sulfone groups is 1. The third-order valence-electron chi connectivity index (χ3n) is 3.32. The van der Waals surface area contributed by atoms with Crippen LogP contribution in [0.15, 0.2) is 18.2 Å². The number of nitrogens with zero attached hydrogens (tertiary/aromatic N) is 2. The molecule has 1 unspecified atom stereocenters. The molecule has 0 aliphatic rings. The molecule has 0 aliphatic carbocycles. The number of hydrogen-bond acceptors (Lipinski definition) is 4. The van der Waals surface area contributed by atoms with E-state index in [1.54, 1.807) is 6.07 Å². The lowest BCUT2D eigenvalue weighted by atomic mass is 10.2. The summed E-state index contributed by atoms with van der Waals surface area (Å²) in [6.45, 7) is 2.87. The van der Waals surface area contributed by atoms with Gasteiger partial charge in [-0.2, -0.15) is 0 Å². The predicted molar refractivity (Wildman–Crippen MR) is 86.3 cm³/mol. The lowest BCUT2D eigenvalue weighted by Crippen LogP contribution is -2.20. The number of aryl methyl sites for hydroxylation is 1. The first kappa shape index (κ1) is 16.3. The number of halogens is 1. The molecule has 0 radical (unpaired) electrons. The third kappa shape index (κ3) is 3.96. The van der Waals surface area contributed by atoms with Crippen LogP contribution in [0.5, 0.6) is 0 Å². The minimum Gasteiger partial charge on any atom is -0.327 e. The quantitative estimate of drug-likeness (QED) is 0.883. The van der Waals surface area contributed by atoms with E-state index in [-0.39, 0.29) is 5.75 Å². The minimum atomic E-state index is -3.03. The average molecular weight is 330 g/mol. The van der Waals surface area contributed by atoms with Crippen LogP contribution in [0.25, 0.3) is 11.0 Å². The van der Waals surface area contributed by atoms with Gasteiger partial charge in [0, 0.05) is 17.8 Å². The van der Waals surface area contributed by atoms with Crippen LogP contribution in [0, 0.1) is 0 Å². The molecular formula is C14H20ClN3O2S. The molecule has 0 bridgehead atoms. The molecule has 7 heteroatoms. The number of imidazole rings is 1. The second kappa shape index (κ2) is 6.34. The zero-order chi connectivity index (χ0) is 15.6. The Bertz CT molecular complexity index is 740. The Kier molecular flexibility index (Phi) is 4.91. The van der Waals surface area contributed by atoms with Crippen LogP contribution in [0.3, 0.4) is 0 Å². The summed E-state index contributed by atoms with van der Waals surface area (Å²) in [7, 11) is -3.03. The number of fused-ring (bicyclic) bond motifs is 1. The monoisotopic (exact) mass is 329 g/mol. The van der Waals surface area contributed by atoms with Gasteiger partial charge in [-0.15, -0.1) is 0 Å². The summed E-state index contributed by atoms with van der Waals surface area (Å²) in [4.78, 5) is 4.55. The molecule has 2 rings (SSSR count). The predicted octanol–water partition coefficient (Wildman–Crippen LogP) is 2.53. The number of aromatic nitrogens is 2. The van der Waals surface area contributed by atoms with Gasteiger partial charge in [-0.05, 0) is 31.0 Å².